The van der Waals surface area contributed by atoms with Gasteiger partial charge in [0, 0.05) is 31.7 Å². The van der Waals surface area contributed by atoms with Crippen molar-refractivity contribution in [1.82, 2.24) is 14.9 Å². The fourth-order valence-electron chi connectivity index (χ4n) is 2.69. The Kier molecular flexibility index (Phi) is 6.52. The molecule has 0 fully saturated rings. The minimum absolute atomic E-state index is 0.175. The second kappa shape index (κ2) is 9.45. The first kappa shape index (κ1) is 20.0. The van der Waals surface area contributed by atoms with Gasteiger partial charge in [0.2, 0.25) is 0 Å². The monoisotopic (exact) mass is 390 g/mol. The highest BCUT2D eigenvalue weighted by molar-refractivity contribution is 6.03. The fourth-order valence-corrected chi connectivity index (χ4v) is 2.69. The first-order chi connectivity index (χ1) is 14.1. The van der Waals surface area contributed by atoms with E-state index in [4.69, 9.17) is 4.74 Å². The van der Waals surface area contributed by atoms with Crippen LogP contribution in [0, 0.1) is 0 Å². The number of aromatic nitrogens is 2. The number of amides is 2. The van der Waals surface area contributed by atoms with E-state index in [9.17, 15) is 9.59 Å². The third-order valence-corrected chi connectivity index (χ3v) is 4.38. The van der Waals surface area contributed by atoms with Crippen LogP contribution in [0.25, 0.3) is 0 Å². The van der Waals surface area contributed by atoms with Crippen molar-refractivity contribution in [3.63, 3.8) is 0 Å². The van der Waals surface area contributed by atoms with Crippen LogP contribution < -0.4 is 10.1 Å². The lowest BCUT2D eigenvalue weighted by Gasteiger charge is -2.17. The van der Waals surface area contributed by atoms with Crippen LogP contribution in [0.15, 0.2) is 67.0 Å². The SMILES string of the molecule is COc1ccc(NC(=O)c2cccc(C(=O)N(C)CCc3ccncc3)n2)cc1. The second-order valence-corrected chi connectivity index (χ2v) is 6.42. The minimum atomic E-state index is -0.385. The number of ether oxygens (including phenoxy) is 1. The van der Waals surface area contributed by atoms with E-state index in [2.05, 4.69) is 15.3 Å². The van der Waals surface area contributed by atoms with Crippen LogP contribution in [-0.4, -0.2) is 47.4 Å². The number of hydrogen-bond acceptors (Lipinski definition) is 5. The van der Waals surface area contributed by atoms with E-state index >= 15 is 0 Å². The first-order valence-electron chi connectivity index (χ1n) is 9.13. The third kappa shape index (κ3) is 5.38. The molecule has 0 spiro atoms. The highest BCUT2D eigenvalue weighted by Crippen LogP contribution is 2.16. The maximum atomic E-state index is 12.7. The Labute approximate surface area is 169 Å². The van der Waals surface area contributed by atoms with Crippen molar-refractivity contribution in [2.24, 2.45) is 0 Å². The van der Waals surface area contributed by atoms with Crippen LogP contribution in [0.5, 0.6) is 5.75 Å². The van der Waals surface area contributed by atoms with E-state index in [0.717, 1.165) is 5.56 Å². The Morgan fingerprint density at radius 3 is 2.38 bits per heavy atom. The number of carbonyl (C=O) groups is 2. The van der Waals surface area contributed by atoms with E-state index in [1.807, 2.05) is 12.1 Å². The molecule has 0 aliphatic rings. The zero-order valence-corrected chi connectivity index (χ0v) is 16.3. The Hall–Kier alpha value is -3.74. The molecule has 7 heteroatoms. The van der Waals surface area contributed by atoms with Crippen LogP contribution in [0.3, 0.4) is 0 Å². The fraction of sp³-hybridized carbons (Fsp3) is 0.182. The van der Waals surface area contributed by atoms with Crippen molar-refractivity contribution in [2.75, 3.05) is 26.0 Å². The van der Waals surface area contributed by atoms with Gasteiger partial charge in [0.1, 0.15) is 17.1 Å². The van der Waals surface area contributed by atoms with Gasteiger partial charge >= 0.3 is 0 Å². The number of methoxy groups -OCH3 is 1. The van der Waals surface area contributed by atoms with Gasteiger partial charge in [-0.3, -0.25) is 14.6 Å². The number of benzene rings is 1. The smallest absolute Gasteiger partial charge is 0.274 e. The molecule has 3 aromatic rings. The molecule has 0 saturated heterocycles. The molecule has 0 aliphatic heterocycles. The van der Waals surface area contributed by atoms with Crippen molar-refractivity contribution in [2.45, 2.75) is 6.42 Å². The Balaban J connectivity index is 1.64. The summed E-state index contributed by atoms with van der Waals surface area (Å²) >= 11 is 0. The highest BCUT2D eigenvalue weighted by Gasteiger charge is 2.16. The molecule has 3 rings (SSSR count). The summed E-state index contributed by atoms with van der Waals surface area (Å²) in [6.45, 7) is 0.535. The number of hydrogen-bond donors (Lipinski definition) is 1. The second-order valence-electron chi connectivity index (χ2n) is 6.42. The van der Waals surface area contributed by atoms with E-state index < -0.39 is 0 Å². The van der Waals surface area contributed by atoms with Crippen LogP contribution in [0.1, 0.15) is 26.5 Å². The average Bonchev–Trinajstić information content (AvgIpc) is 2.78. The van der Waals surface area contributed by atoms with Crippen LogP contribution >= 0.6 is 0 Å². The standard InChI is InChI=1S/C22H22N4O3/c1-26(15-12-16-10-13-23-14-11-16)22(28)20-5-3-4-19(25-20)21(27)24-17-6-8-18(29-2)9-7-17/h3-11,13-14H,12,15H2,1-2H3,(H,24,27). The van der Waals surface area contributed by atoms with Crippen molar-refractivity contribution in [3.05, 3.63) is 83.9 Å². The summed E-state index contributed by atoms with van der Waals surface area (Å²) < 4.78 is 5.10. The molecule has 0 aliphatic carbocycles. The van der Waals surface area contributed by atoms with Crippen molar-refractivity contribution >= 4 is 17.5 Å². The molecule has 148 valence electrons. The quantitative estimate of drug-likeness (QED) is 0.670. The van der Waals surface area contributed by atoms with Crippen molar-refractivity contribution in [3.8, 4) is 5.75 Å². The van der Waals surface area contributed by atoms with E-state index in [-0.39, 0.29) is 23.2 Å². The van der Waals surface area contributed by atoms with Gasteiger partial charge in [-0.15, -0.1) is 0 Å². The summed E-state index contributed by atoms with van der Waals surface area (Å²) in [5, 5.41) is 2.76. The molecule has 29 heavy (non-hydrogen) atoms. The van der Waals surface area contributed by atoms with E-state index in [0.29, 0.717) is 24.4 Å². The summed E-state index contributed by atoms with van der Waals surface area (Å²) in [6, 6.07) is 15.6. The van der Waals surface area contributed by atoms with E-state index in [1.165, 1.54) is 0 Å². The molecule has 1 aromatic carbocycles. The van der Waals surface area contributed by atoms with Crippen LogP contribution in [0.4, 0.5) is 5.69 Å². The molecular formula is C22H22N4O3. The maximum absolute atomic E-state index is 12.7. The number of rotatable bonds is 7. The summed E-state index contributed by atoms with van der Waals surface area (Å²) in [5.74, 6) is 0.0749. The van der Waals surface area contributed by atoms with Crippen molar-refractivity contribution in [1.29, 1.82) is 0 Å². The number of nitrogens with zero attached hydrogens (tertiary/aromatic N) is 3. The minimum Gasteiger partial charge on any atom is -0.497 e. The molecule has 0 radical (unpaired) electrons. The molecule has 0 atom stereocenters. The molecular weight excluding hydrogens is 368 g/mol. The molecule has 0 saturated carbocycles. The summed E-state index contributed by atoms with van der Waals surface area (Å²) in [5.41, 5.74) is 2.11. The normalized spacial score (nSPS) is 10.3. The zero-order chi connectivity index (χ0) is 20.6. The van der Waals surface area contributed by atoms with Gasteiger partial charge in [-0.2, -0.15) is 0 Å². The van der Waals surface area contributed by atoms with Gasteiger partial charge in [-0.05, 0) is 60.5 Å². The lowest BCUT2D eigenvalue weighted by atomic mass is 10.2. The molecule has 2 aromatic heterocycles. The third-order valence-electron chi connectivity index (χ3n) is 4.38. The van der Waals surface area contributed by atoms with Crippen LogP contribution in [0.2, 0.25) is 0 Å². The predicted octanol–water partition coefficient (Wildman–Crippen LogP) is 3.05. The number of likely N-dealkylation sites (N-methyl/N-ethyl adjacent to an activating group) is 1. The van der Waals surface area contributed by atoms with Gasteiger partial charge in [-0.1, -0.05) is 6.07 Å². The molecule has 1 N–H and O–H groups in total. The predicted molar refractivity (Wildman–Crippen MR) is 110 cm³/mol. The molecule has 7 nitrogen and oxygen atoms in total. The van der Waals surface area contributed by atoms with Crippen molar-refractivity contribution < 1.29 is 14.3 Å². The first-order valence-corrected chi connectivity index (χ1v) is 9.13. The zero-order valence-electron chi connectivity index (χ0n) is 16.3. The molecule has 2 amide bonds. The molecule has 0 unspecified atom stereocenters. The number of anilines is 1. The van der Waals surface area contributed by atoms with Gasteiger partial charge in [0.15, 0.2) is 0 Å². The summed E-state index contributed by atoms with van der Waals surface area (Å²) in [6.07, 6.45) is 4.16. The topological polar surface area (TPSA) is 84.4 Å². The summed E-state index contributed by atoms with van der Waals surface area (Å²) in [7, 11) is 3.30. The largest absolute Gasteiger partial charge is 0.497 e. The number of nitrogens with one attached hydrogen (secondary N) is 1. The number of pyridine rings is 2. The Bertz CT molecular complexity index is 975. The van der Waals surface area contributed by atoms with Gasteiger partial charge in [0.25, 0.3) is 11.8 Å². The Morgan fingerprint density at radius 2 is 1.69 bits per heavy atom. The Morgan fingerprint density at radius 1 is 1.00 bits per heavy atom. The maximum Gasteiger partial charge on any atom is 0.274 e. The van der Waals surface area contributed by atoms with Gasteiger partial charge in [0.05, 0.1) is 7.11 Å². The average molecular weight is 390 g/mol. The van der Waals surface area contributed by atoms with Gasteiger partial charge < -0.3 is 15.0 Å². The lowest BCUT2D eigenvalue weighted by Crippen LogP contribution is -2.30. The summed E-state index contributed by atoms with van der Waals surface area (Å²) in [4.78, 5) is 35.0. The van der Waals surface area contributed by atoms with Crippen LogP contribution in [-0.2, 0) is 6.42 Å². The highest BCUT2D eigenvalue weighted by atomic mass is 16.5. The number of carbonyl (C=O) groups excluding carboxylic acids is 2. The lowest BCUT2D eigenvalue weighted by molar-refractivity contribution is 0.0790. The molecule has 0 bridgehead atoms. The van der Waals surface area contributed by atoms with E-state index in [1.54, 1.807) is 73.9 Å². The molecule has 2 heterocycles. The van der Waals surface area contributed by atoms with Gasteiger partial charge in [-0.25, -0.2) is 4.98 Å².